The maximum Gasteiger partial charge on any atom is 0.322 e. The van der Waals surface area contributed by atoms with Gasteiger partial charge in [-0.2, -0.15) is 0 Å². The van der Waals surface area contributed by atoms with E-state index in [0.717, 1.165) is 9.88 Å². The average molecular weight is 334 g/mol. The molecule has 2 aromatic rings. The Labute approximate surface area is 138 Å². The first kappa shape index (κ1) is 15.5. The number of hydrogen-bond acceptors (Lipinski definition) is 5. The number of nitrogens with zero attached hydrogens (tertiary/aromatic N) is 1. The maximum atomic E-state index is 11.4. The molecule has 0 aliphatic carbocycles. The highest BCUT2D eigenvalue weighted by molar-refractivity contribution is 8.01. The van der Waals surface area contributed by atoms with Gasteiger partial charge in [0.05, 0.1) is 4.88 Å². The quantitative estimate of drug-likeness (QED) is 0.896. The summed E-state index contributed by atoms with van der Waals surface area (Å²) >= 11 is 3.25. The van der Waals surface area contributed by atoms with Crippen LogP contribution in [0.1, 0.15) is 29.8 Å². The van der Waals surface area contributed by atoms with Crippen LogP contribution in [0, 0.1) is 6.92 Å². The fraction of sp³-hybridized carbons (Fsp3) is 0.375. The lowest BCUT2D eigenvalue weighted by atomic mass is 10.0. The van der Waals surface area contributed by atoms with E-state index in [0.29, 0.717) is 0 Å². The lowest BCUT2D eigenvalue weighted by Crippen LogP contribution is -2.43. The molecule has 116 valence electrons. The molecule has 1 saturated heterocycles. The van der Waals surface area contributed by atoms with Crippen molar-refractivity contribution in [2.75, 3.05) is 0 Å². The van der Waals surface area contributed by atoms with Gasteiger partial charge in [0.1, 0.15) is 16.4 Å². The largest absolute Gasteiger partial charge is 0.480 e. The molecule has 1 aromatic heterocycles. The number of rotatable bonds is 3. The van der Waals surface area contributed by atoms with Gasteiger partial charge in [0.2, 0.25) is 0 Å². The summed E-state index contributed by atoms with van der Waals surface area (Å²) in [5, 5.41) is 13.4. The Morgan fingerprint density at radius 3 is 2.73 bits per heavy atom. The van der Waals surface area contributed by atoms with Gasteiger partial charge in [-0.3, -0.25) is 10.1 Å². The maximum absolute atomic E-state index is 11.4. The van der Waals surface area contributed by atoms with Crippen molar-refractivity contribution >= 4 is 29.1 Å². The molecule has 3 rings (SSSR count). The molecule has 0 amide bonds. The van der Waals surface area contributed by atoms with Crippen LogP contribution in [0.15, 0.2) is 30.5 Å². The minimum absolute atomic E-state index is 0.0705. The Hall–Kier alpha value is -1.37. The van der Waals surface area contributed by atoms with E-state index in [4.69, 9.17) is 0 Å². The van der Waals surface area contributed by atoms with Gasteiger partial charge >= 0.3 is 5.97 Å². The number of carbonyl (C=O) groups is 1. The number of benzene rings is 1. The predicted molar refractivity (Wildman–Crippen MR) is 91.3 cm³/mol. The number of hydrogen-bond donors (Lipinski definition) is 2. The topological polar surface area (TPSA) is 62.2 Å². The fourth-order valence-corrected chi connectivity index (χ4v) is 5.15. The zero-order valence-corrected chi connectivity index (χ0v) is 14.3. The Morgan fingerprint density at radius 1 is 1.36 bits per heavy atom. The van der Waals surface area contributed by atoms with Crippen molar-refractivity contribution in [1.82, 2.24) is 10.3 Å². The van der Waals surface area contributed by atoms with Gasteiger partial charge in [0, 0.05) is 10.9 Å². The van der Waals surface area contributed by atoms with E-state index < -0.39 is 12.0 Å². The van der Waals surface area contributed by atoms with Crippen LogP contribution >= 0.6 is 23.1 Å². The van der Waals surface area contributed by atoms with Crippen LogP contribution in [0.4, 0.5) is 0 Å². The first-order chi connectivity index (χ1) is 10.4. The predicted octanol–water partition coefficient (Wildman–Crippen LogP) is 3.69. The van der Waals surface area contributed by atoms with Crippen molar-refractivity contribution in [2.45, 2.75) is 36.9 Å². The Kier molecular flexibility index (Phi) is 4.01. The van der Waals surface area contributed by atoms with Crippen molar-refractivity contribution in [1.29, 1.82) is 0 Å². The molecule has 1 aliphatic rings. The Balaban J connectivity index is 1.87. The summed E-state index contributed by atoms with van der Waals surface area (Å²) < 4.78 is -0.356. The molecule has 2 unspecified atom stereocenters. The minimum Gasteiger partial charge on any atom is -0.480 e. The van der Waals surface area contributed by atoms with Gasteiger partial charge < -0.3 is 5.11 Å². The van der Waals surface area contributed by atoms with Crippen molar-refractivity contribution in [3.05, 3.63) is 41.0 Å². The SMILES string of the molecule is Cc1ccccc1-c1cnc(C2NC(C(=O)O)C(C)(C)S2)s1. The van der Waals surface area contributed by atoms with E-state index in [1.54, 1.807) is 23.1 Å². The van der Waals surface area contributed by atoms with Gasteiger partial charge in [-0.15, -0.1) is 23.1 Å². The lowest BCUT2D eigenvalue weighted by molar-refractivity contribution is -0.139. The minimum atomic E-state index is -0.810. The first-order valence-electron chi connectivity index (χ1n) is 7.07. The first-order valence-corrected chi connectivity index (χ1v) is 8.76. The number of nitrogens with one attached hydrogen (secondary N) is 1. The molecule has 1 aliphatic heterocycles. The molecular formula is C16H18N2O2S2. The van der Waals surface area contributed by atoms with Crippen LogP contribution in [0.25, 0.3) is 10.4 Å². The van der Waals surface area contributed by atoms with Crippen molar-refractivity contribution in [3.63, 3.8) is 0 Å². The second-order valence-electron chi connectivity index (χ2n) is 5.92. The number of carboxylic acid groups (broad SMARTS) is 1. The van der Waals surface area contributed by atoms with Crippen molar-refractivity contribution < 1.29 is 9.90 Å². The van der Waals surface area contributed by atoms with Crippen LogP contribution < -0.4 is 5.32 Å². The van der Waals surface area contributed by atoms with Crippen molar-refractivity contribution in [3.8, 4) is 10.4 Å². The Bertz CT molecular complexity index is 712. The third kappa shape index (κ3) is 2.78. The number of aryl methyl sites for hydroxylation is 1. The summed E-state index contributed by atoms with van der Waals surface area (Å²) in [6.07, 6.45) is 1.88. The third-order valence-electron chi connectivity index (χ3n) is 3.84. The number of thiazole rings is 1. The molecule has 0 radical (unpaired) electrons. The van der Waals surface area contributed by atoms with Crippen LogP contribution in [0.3, 0.4) is 0 Å². The zero-order chi connectivity index (χ0) is 15.9. The van der Waals surface area contributed by atoms with E-state index in [2.05, 4.69) is 29.4 Å². The highest BCUT2D eigenvalue weighted by atomic mass is 32.2. The molecule has 0 spiro atoms. The molecule has 22 heavy (non-hydrogen) atoms. The summed E-state index contributed by atoms with van der Waals surface area (Å²) in [5.74, 6) is -0.810. The molecule has 1 aromatic carbocycles. The third-order valence-corrected chi connectivity index (χ3v) is 6.52. The smallest absolute Gasteiger partial charge is 0.322 e. The van der Waals surface area contributed by atoms with Gasteiger partial charge in [-0.25, -0.2) is 4.98 Å². The monoisotopic (exact) mass is 334 g/mol. The second kappa shape index (κ2) is 5.68. The number of aliphatic carboxylic acids is 1. The molecular weight excluding hydrogens is 316 g/mol. The lowest BCUT2D eigenvalue weighted by Gasteiger charge is -2.20. The van der Waals surface area contributed by atoms with Crippen LogP contribution in [-0.2, 0) is 4.79 Å². The number of carboxylic acids is 1. The average Bonchev–Trinajstić information content (AvgIpc) is 3.03. The highest BCUT2D eigenvalue weighted by Crippen LogP contribution is 2.47. The zero-order valence-electron chi connectivity index (χ0n) is 12.7. The summed E-state index contributed by atoms with van der Waals surface area (Å²) in [7, 11) is 0. The molecule has 2 N–H and O–H groups in total. The standard InChI is InChI=1S/C16H18N2O2S2/c1-9-6-4-5-7-10(9)11-8-17-13(21-11)14-18-12(15(19)20)16(2,3)22-14/h4-8,12,14,18H,1-3H3,(H,19,20). The van der Waals surface area contributed by atoms with E-state index in [1.165, 1.54) is 11.1 Å². The summed E-state index contributed by atoms with van der Waals surface area (Å²) in [6.45, 7) is 6.00. The summed E-state index contributed by atoms with van der Waals surface area (Å²) in [6, 6.07) is 7.66. The summed E-state index contributed by atoms with van der Waals surface area (Å²) in [4.78, 5) is 17.0. The Morgan fingerprint density at radius 2 is 2.09 bits per heavy atom. The second-order valence-corrected chi connectivity index (χ2v) is 8.74. The van der Waals surface area contributed by atoms with Gasteiger partial charge in [0.15, 0.2) is 0 Å². The molecule has 6 heteroatoms. The molecule has 0 saturated carbocycles. The van der Waals surface area contributed by atoms with Crippen LogP contribution in [0.5, 0.6) is 0 Å². The van der Waals surface area contributed by atoms with Gasteiger partial charge in [0.25, 0.3) is 0 Å². The molecule has 2 heterocycles. The highest BCUT2D eigenvalue weighted by Gasteiger charge is 2.46. The van der Waals surface area contributed by atoms with Crippen LogP contribution in [0.2, 0.25) is 0 Å². The van der Waals surface area contributed by atoms with E-state index in [9.17, 15) is 9.90 Å². The fourth-order valence-electron chi connectivity index (χ4n) is 2.63. The molecule has 0 bridgehead atoms. The molecule has 4 nitrogen and oxygen atoms in total. The van der Waals surface area contributed by atoms with Crippen LogP contribution in [-0.4, -0.2) is 26.8 Å². The normalized spacial score (nSPS) is 23.6. The number of thioether (sulfide) groups is 1. The van der Waals surface area contributed by atoms with E-state index in [-0.39, 0.29) is 10.1 Å². The molecule has 1 fully saturated rings. The van der Waals surface area contributed by atoms with Crippen molar-refractivity contribution in [2.24, 2.45) is 0 Å². The molecule has 2 atom stereocenters. The summed E-state index contributed by atoms with van der Waals surface area (Å²) in [5.41, 5.74) is 2.40. The van der Waals surface area contributed by atoms with E-state index in [1.807, 2.05) is 32.2 Å². The van der Waals surface area contributed by atoms with E-state index >= 15 is 0 Å². The van der Waals surface area contributed by atoms with Gasteiger partial charge in [-0.05, 0) is 31.9 Å². The number of aromatic nitrogens is 1. The van der Waals surface area contributed by atoms with Gasteiger partial charge in [-0.1, -0.05) is 24.3 Å².